The molecule has 1 aromatic rings. The molecule has 0 fully saturated rings. The van der Waals surface area contributed by atoms with Crippen molar-refractivity contribution >= 4 is 11.3 Å². The van der Waals surface area contributed by atoms with Gasteiger partial charge in [-0.1, -0.05) is 20.8 Å². The second-order valence-corrected chi connectivity index (χ2v) is 6.77. The SMILES string of the molecule is CN(C)CCC(O)Cc1nc(C(C)(C)C)cs1. The van der Waals surface area contributed by atoms with Crippen LogP contribution in [0.25, 0.3) is 0 Å². The normalized spacial score (nSPS) is 14.3. The standard InChI is InChI=1S/C13H24N2OS/c1-13(2,3)11-9-17-12(14-11)8-10(16)6-7-15(4)5/h9-10,16H,6-8H2,1-5H3. The quantitative estimate of drug-likeness (QED) is 0.878. The maximum Gasteiger partial charge on any atom is 0.0954 e. The van der Waals surface area contributed by atoms with Gasteiger partial charge in [-0.05, 0) is 27.1 Å². The minimum Gasteiger partial charge on any atom is -0.393 e. The van der Waals surface area contributed by atoms with Crippen molar-refractivity contribution in [2.75, 3.05) is 20.6 Å². The monoisotopic (exact) mass is 256 g/mol. The molecule has 3 nitrogen and oxygen atoms in total. The third-order valence-corrected chi connectivity index (χ3v) is 3.51. The Kier molecular flexibility index (Phi) is 5.10. The van der Waals surface area contributed by atoms with Crippen LogP contribution in [0.5, 0.6) is 0 Å². The van der Waals surface area contributed by atoms with Crippen molar-refractivity contribution in [1.29, 1.82) is 0 Å². The zero-order valence-electron chi connectivity index (χ0n) is 11.5. The molecule has 0 aromatic carbocycles. The number of aliphatic hydroxyl groups excluding tert-OH is 1. The van der Waals surface area contributed by atoms with E-state index in [2.05, 4.69) is 36.0 Å². The molecular weight excluding hydrogens is 232 g/mol. The van der Waals surface area contributed by atoms with E-state index in [0.29, 0.717) is 6.42 Å². The van der Waals surface area contributed by atoms with Crippen molar-refractivity contribution in [3.63, 3.8) is 0 Å². The Hall–Kier alpha value is -0.450. The van der Waals surface area contributed by atoms with Crippen LogP contribution < -0.4 is 0 Å². The first kappa shape index (κ1) is 14.6. The van der Waals surface area contributed by atoms with E-state index in [9.17, 15) is 5.11 Å². The van der Waals surface area contributed by atoms with Crippen LogP contribution in [0, 0.1) is 0 Å². The number of hydrogen-bond donors (Lipinski definition) is 1. The molecule has 1 heterocycles. The van der Waals surface area contributed by atoms with E-state index in [4.69, 9.17) is 0 Å². The molecule has 0 aliphatic carbocycles. The van der Waals surface area contributed by atoms with E-state index >= 15 is 0 Å². The molecule has 4 heteroatoms. The lowest BCUT2D eigenvalue weighted by molar-refractivity contribution is 0.152. The molecule has 0 saturated carbocycles. The van der Waals surface area contributed by atoms with E-state index in [1.165, 1.54) is 0 Å². The highest BCUT2D eigenvalue weighted by Gasteiger charge is 2.18. The minimum absolute atomic E-state index is 0.101. The van der Waals surface area contributed by atoms with Crippen LogP contribution in [0.1, 0.15) is 37.9 Å². The van der Waals surface area contributed by atoms with E-state index in [0.717, 1.165) is 23.7 Å². The second-order valence-electron chi connectivity index (χ2n) is 5.83. The van der Waals surface area contributed by atoms with Crippen molar-refractivity contribution in [3.8, 4) is 0 Å². The van der Waals surface area contributed by atoms with Crippen molar-refractivity contribution in [2.45, 2.75) is 45.1 Å². The average Bonchev–Trinajstić information content (AvgIpc) is 2.62. The second kappa shape index (κ2) is 5.94. The van der Waals surface area contributed by atoms with Gasteiger partial charge in [-0.3, -0.25) is 0 Å². The molecule has 0 aliphatic heterocycles. The van der Waals surface area contributed by atoms with E-state index in [1.807, 2.05) is 14.1 Å². The van der Waals surface area contributed by atoms with Crippen molar-refractivity contribution in [3.05, 3.63) is 16.1 Å². The average molecular weight is 256 g/mol. The molecule has 0 bridgehead atoms. The van der Waals surface area contributed by atoms with Gasteiger partial charge in [-0.2, -0.15) is 0 Å². The molecule has 0 saturated heterocycles. The molecule has 1 unspecified atom stereocenters. The number of aliphatic hydroxyl groups is 1. The first-order valence-electron chi connectivity index (χ1n) is 6.06. The largest absolute Gasteiger partial charge is 0.393 e. The van der Waals surface area contributed by atoms with Crippen LogP contribution in [0.15, 0.2) is 5.38 Å². The lowest BCUT2D eigenvalue weighted by Crippen LogP contribution is -2.21. The Morgan fingerprint density at radius 1 is 1.41 bits per heavy atom. The molecule has 0 radical (unpaired) electrons. The van der Waals surface area contributed by atoms with E-state index < -0.39 is 0 Å². The predicted molar refractivity (Wildman–Crippen MR) is 73.7 cm³/mol. The van der Waals surface area contributed by atoms with Crippen molar-refractivity contribution < 1.29 is 5.11 Å². The van der Waals surface area contributed by atoms with Gasteiger partial charge in [0, 0.05) is 17.2 Å². The molecule has 0 spiro atoms. The van der Waals surface area contributed by atoms with Crippen LogP contribution in [0.2, 0.25) is 0 Å². The topological polar surface area (TPSA) is 36.4 Å². The summed E-state index contributed by atoms with van der Waals surface area (Å²) in [5.74, 6) is 0. The zero-order chi connectivity index (χ0) is 13.1. The van der Waals surface area contributed by atoms with Gasteiger partial charge in [0.2, 0.25) is 0 Å². The zero-order valence-corrected chi connectivity index (χ0v) is 12.3. The maximum absolute atomic E-state index is 9.90. The summed E-state index contributed by atoms with van der Waals surface area (Å²) in [5.41, 5.74) is 1.22. The van der Waals surface area contributed by atoms with Crippen LogP contribution in [-0.4, -0.2) is 41.7 Å². The van der Waals surface area contributed by atoms with Gasteiger partial charge >= 0.3 is 0 Å². The lowest BCUT2D eigenvalue weighted by Gasteiger charge is -2.15. The fraction of sp³-hybridized carbons (Fsp3) is 0.769. The number of rotatable bonds is 5. The summed E-state index contributed by atoms with van der Waals surface area (Å²) in [6.07, 6.45) is 1.20. The Bertz CT molecular complexity index is 341. The Morgan fingerprint density at radius 2 is 2.06 bits per heavy atom. The molecule has 1 atom stereocenters. The molecule has 98 valence electrons. The summed E-state index contributed by atoms with van der Waals surface area (Å²) in [5, 5.41) is 13.1. The minimum atomic E-state index is -0.281. The molecule has 1 N–H and O–H groups in total. The summed E-state index contributed by atoms with van der Waals surface area (Å²) in [7, 11) is 4.04. The fourth-order valence-electron chi connectivity index (χ4n) is 1.46. The van der Waals surface area contributed by atoms with Gasteiger partial charge in [0.15, 0.2) is 0 Å². The van der Waals surface area contributed by atoms with E-state index in [1.54, 1.807) is 11.3 Å². The van der Waals surface area contributed by atoms with Crippen molar-refractivity contribution in [2.24, 2.45) is 0 Å². The van der Waals surface area contributed by atoms with Crippen LogP contribution in [-0.2, 0) is 11.8 Å². The van der Waals surface area contributed by atoms with Gasteiger partial charge < -0.3 is 10.0 Å². The van der Waals surface area contributed by atoms with Crippen LogP contribution in [0.3, 0.4) is 0 Å². The summed E-state index contributed by atoms with van der Waals surface area (Å²) in [4.78, 5) is 6.68. The maximum atomic E-state index is 9.90. The van der Waals surface area contributed by atoms with Gasteiger partial charge in [-0.15, -0.1) is 11.3 Å². The molecule has 0 amide bonds. The predicted octanol–water partition coefficient (Wildman–Crippen LogP) is 2.30. The number of hydrogen-bond acceptors (Lipinski definition) is 4. The Balaban J connectivity index is 2.49. The number of nitrogens with zero attached hydrogens (tertiary/aromatic N) is 2. The molecule has 1 rings (SSSR count). The first-order chi connectivity index (χ1) is 7.79. The lowest BCUT2D eigenvalue weighted by atomic mass is 9.93. The van der Waals surface area contributed by atoms with Gasteiger partial charge in [-0.25, -0.2) is 4.98 Å². The fourth-order valence-corrected chi connectivity index (χ4v) is 2.55. The molecule has 1 aromatic heterocycles. The summed E-state index contributed by atoms with van der Waals surface area (Å²) >= 11 is 1.65. The third-order valence-electron chi connectivity index (χ3n) is 2.64. The van der Waals surface area contributed by atoms with Gasteiger partial charge in [0.1, 0.15) is 0 Å². The first-order valence-corrected chi connectivity index (χ1v) is 6.94. The highest BCUT2D eigenvalue weighted by molar-refractivity contribution is 7.09. The third kappa shape index (κ3) is 5.15. The van der Waals surface area contributed by atoms with Crippen LogP contribution in [0.4, 0.5) is 0 Å². The number of thiazole rings is 1. The van der Waals surface area contributed by atoms with Gasteiger partial charge in [0.25, 0.3) is 0 Å². The molecular formula is C13H24N2OS. The summed E-state index contributed by atoms with van der Waals surface area (Å²) in [6.45, 7) is 7.40. The number of aromatic nitrogens is 1. The highest BCUT2D eigenvalue weighted by atomic mass is 32.1. The smallest absolute Gasteiger partial charge is 0.0954 e. The Morgan fingerprint density at radius 3 is 2.53 bits per heavy atom. The molecule has 0 aliphatic rings. The highest BCUT2D eigenvalue weighted by Crippen LogP contribution is 2.24. The van der Waals surface area contributed by atoms with E-state index in [-0.39, 0.29) is 11.5 Å². The summed E-state index contributed by atoms with van der Waals surface area (Å²) < 4.78 is 0. The van der Waals surface area contributed by atoms with Crippen molar-refractivity contribution in [1.82, 2.24) is 9.88 Å². The van der Waals surface area contributed by atoms with Gasteiger partial charge in [0.05, 0.1) is 16.8 Å². The summed E-state index contributed by atoms with van der Waals surface area (Å²) in [6, 6.07) is 0. The molecule has 17 heavy (non-hydrogen) atoms. The Labute approximate surface area is 108 Å². The van der Waals surface area contributed by atoms with Crippen LogP contribution >= 0.6 is 11.3 Å².